The van der Waals surface area contributed by atoms with E-state index >= 15 is 0 Å². The Morgan fingerprint density at radius 3 is 2.75 bits per heavy atom. The smallest absolute Gasteiger partial charge is 0.236 e. The Kier molecular flexibility index (Phi) is 7.02. The van der Waals surface area contributed by atoms with E-state index in [9.17, 15) is 9.18 Å². The summed E-state index contributed by atoms with van der Waals surface area (Å²) in [7, 11) is 0. The van der Waals surface area contributed by atoms with Crippen LogP contribution in [0.3, 0.4) is 0 Å². The van der Waals surface area contributed by atoms with Crippen molar-refractivity contribution in [2.45, 2.75) is 25.8 Å². The summed E-state index contributed by atoms with van der Waals surface area (Å²) in [5.74, 6) is 0.711. The number of likely N-dealkylation sites (tertiary alicyclic amines) is 1. The molecule has 2 saturated heterocycles. The standard InChI is InChI=1S/C18H26FN3O.ClH/c1-14-5-8-21(9-6-14)18(23)13-22-10-7-20-12-17(22)15-3-2-4-16(19)11-15;/h2-4,11,14,17,20H,5-10,12-13H2,1H3;1H. The number of piperazine rings is 1. The van der Waals surface area contributed by atoms with Gasteiger partial charge in [0.1, 0.15) is 5.82 Å². The Bertz CT molecular complexity index is 549. The van der Waals surface area contributed by atoms with Crippen LogP contribution < -0.4 is 5.32 Å². The molecule has 2 aliphatic heterocycles. The maximum atomic E-state index is 13.5. The van der Waals surface area contributed by atoms with Crippen molar-refractivity contribution in [1.29, 1.82) is 0 Å². The van der Waals surface area contributed by atoms with Gasteiger partial charge < -0.3 is 10.2 Å². The second kappa shape index (κ2) is 8.79. The van der Waals surface area contributed by atoms with Crippen molar-refractivity contribution < 1.29 is 9.18 Å². The van der Waals surface area contributed by atoms with Crippen LogP contribution in [0.25, 0.3) is 0 Å². The Morgan fingerprint density at radius 2 is 2.04 bits per heavy atom. The van der Waals surface area contributed by atoms with E-state index in [-0.39, 0.29) is 30.2 Å². The maximum absolute atomic E-state index is 13.5. The lowest BCUT2D eigenvalue weighted by molar-refractivity contribution is -0.134. The van der Waals surface area contributed by atoms with Gasteiger partial charge in [-0.15, -0.1) is 12.4 Å². The minimum absolute atomic E-state index is 0. The molecule has 0 aromatic heterocycles. The summed E-state index contributed by atoms with van der Waals surface area (Å²) in [6, 6.07) is 6.79. The van der Waals surface area contributed by atoms with Crippen molar-refractivity contribution in [2.75, 3.05) is 39.3 Å². The van der Waals surface area contributed by atoms with Gasteiger partial charge in [-0.1, -0.05) is 19.1 Å². The second-order valence-electron chi connectivity index (χ2n) is 6.81. The van der Waals surface area contributed by atoms with E-state index in [1.807, 2.05) is 11.0 Å². The third kappa shape index (κ3) is 4.68. The fourth-order valence-electron chi connectivity index (χ4n) is 3.51. The number of hydrogen-bond acceptors (Lipinski definition) is 3. The highest BCUT2D eigenvalue weighted by atomic mass is 35.5. The van der Waals surface area contributed by atoms with E-state index in [1.165, 1.54) is 6.07 Å². The normalized spacial score (nSPS) is 22.9. The van der Waals surface area contributed by atoms with Crippen molar-refractivity contribution >= 4 is 18.3 Å². The Balaban J connectivity index is 0.00000208. The average Bonchev–Trinajstić information content (AvgIpc) is 2.56. The SMILES string of the molecule is CC1CCN(C(=O)CN2CCNCC2c2cccc(F)c2)CC1.Cl. The number of carbonyl (C=O) groups excluding carboxylic acids is 1. The number of carbonyl (C=O) groups is 1. The number of piperidine rings is 1. The van der Waals surface area contributed by atoms with Gasteiger partial charge in [0.2, 0.25) is 5.91 Å². The summed E-state index contributed by atoms with van der Waals surface area (Å²) in [6.45, 7) is 6.86. The number of nitrogens with zero attached hydrogens (tertiary/aromatic N) is 2. The molecule has 0 aliphatic carbocycles. The van der Waals surface area contributed by atoms with E-state index in [4.69, 9.17) is 0 Å². The van der Waals surface area contributed by atoms with E-state index < -0.39 is 0 Å². The summed E-state index contributed by atoms with van der Waals surface area (Å²) in [4.78, 5) is 16.8. The topological polar surface area (TPSA) is 35.6 Å². The van der Waals surface area contributed by atoms with E-state index in [2.05, 4.69) is 17.1 Å². The Labute approximate surface area is 149 Å². The molecule has 2 fully saturated rings. The quantitative estimate of drug-likeness (QED) is 0.904. The molecule has 1 atom stereocenters. The zero-order chi connectivity index (χ0) is 16.2. The fourth-order valence-corrected chi connectivity index (χ4v) is 3.51. The first-order valence-corrected chi connectivity index (χ1v) is 8.61. The minimum atomic E-state index is -0.218. The van der Waals surface area contributed by atoms with Crippen LogP contribution in [0.2, 0.25) is 0 Å². The number of rotatable bonds is 3. The van der Waals surface area contributed by atoms with Gasteiger partial charge in [-0.2, -0.15) is 0 Å². The van der Waals surface area contributed by atoms with E-state index in [0.717, 1.165) is 57.0 Å². The molecule has 0 bridgehead atoms. The van der Waals surface area contributed by atoms with Crippen LogP contribution in [0.4, 0.5) is 4.39 Å². The molecule has 3 rings (SSSR count). The van der Waals surface area contributed by atoms with Gasteiger partial charge in [-0.25, -0.2) is 4.39 Å². The molecule has 0 spiro atoms. The van der Waals surface area contributed by atoms with E-state index in [1.54, 1.807) is 12.1 Å². The maximum Gasteiger partial charge on any atom is 0.236 e. The number of halogens is 2. The zero-order valence-corrected chi connectivity index (χ0v) is 15.0. The van der Waals surface area contributed by atoms with Crippen LogP contribution in [0.5, 0.6) is 0 Å². The average molecular weight is 356 g/mol. The van der Waals surface area contributed by atoms with Gasteiger partial charge in [-0.05, 0) is 36.5 Å². The van der Waals surface area contributed by atoms with Crippen LogP contribution in [-0.2, 0) is 4.79 Å². The molecule has 134 valence electrons. The molecule has 1 aromatic carbocycles. The third-order valence-corrected chi connectivity index (χ3v) is 5.06. The van der Waals surface area contributed by atoms with Crippen molar-refractivity contribution in [3.63, 3.8) is 0 Å². The van der Waals surface area contributed by atoms with Gasteiger partial charge in [0, 0.05) is 38.8 Å². The highest BCUT2D eigenvalue weighted by molar-refractivity contribution is 5.85. The molecule has 1 unspecified atom stereocenters. The zero-order valence-electron chi connectivity index (χ0n) is 14.2. The second-order valence-corrected chi connectivity index (χ2v) is 6.81. The summed E-state index contributed by atoms with van der Waals surface area (Å²) in [6.07, 6.45) is 2.20. The first-order chi connectivity index (χ1) is 11.1. The van der Waals surface area contributed by atoms with Crippen LogP contribution >= 0.6 is 12.4 Å². The molecule has 2 heterocycles. The number of hydrogen-bond donors (Lipinski definition) is 1. The highest BCUT2D eigenvalue weighted by Crippen LogP contribution is 2.23. The first-order valence-electron chi connectivity index (χ1n) is 8.61. The van der Waals surface area contributed by atoms with Gasteiger partial charge in [-0.3, -0.25) is 9.69 Å². The number of benzene rings is 1. The molecule has 1 N–H and O–H groups in total. The van der Waals surface area contributed by atoms with Crippen LogP contribution in [0.15, 0.2) is 24.3 Å². The predicted octanol–water partition coefficient (Wildman–Crippen LogP) is 2.45. The minimum Gasteiger partial charge on any atom is -0.342 e. The Morgan fingerprint density at radius 1 is 1.29 bits per heavy atom. The summed E-state index contributed by atoms with van der Waals surface area (Å²) < 4.78 is 13.5. The lowest BCUT2D eigenvalue weighted by Crippen LogP contribution is -2.51. The monoisotopic (exact) mass is 355 g/mol. The predicted molar refractivity (Wildman–Crippen MR) is 95.8 cm³/mol. The summed E-state index contributed by atoms with van der Waals surface area (Å²) >= 11 is 0. The highest BCUT2D eigenvalue weighted by Gasteiger charge is 2.28. The van der Waals surface area contributed by atoms with E-state index in [0.29, 0.717) is 6.54 Å². The first kappa shape index (κ1) is 19.2. The van der Waals surface area contributed by atoms with Gasteiger partial charge in [0.05, 0.1) is 6.54 Å². The van der Waals surface area contributed by atoms with Crippen molar-refractivity contribution in [3.05, 3.63) is 35.6 Å². The summed E-state index contributed by atoms with van der Waals surface area (Å²) in [5, 5.41) is 3.35. The molecule has 2 aliphatic rings. The van der Waals surface area contributed by atoms with Crippen molar-refractivity contribution in [2.24, 2.45) is 5.92 Å². The van der Waals surface area contributed by atoms with Crippen molar-refractivity contribution in [3.8, 4) is 0 Å². The Hall–Kier alpha value is -1.17. The summed E-state index contributed by atoms with van der Waals surface area (Å²) in [5.41, 5.74) is 0.942. The van der Waals surface area contributed by atoms with Crippen LogP contribution in [0, 0.1) is 11.7 Å². The lowest BCUT2D eigenvalue weighted by Gasteiger charge is -2.38. The van der Waals surface area contributed by atoms with Crippen molar-refractivity contribution in [1.82, 2.24) is 15.1 Å². The van der Waals surface area contributed by atoms with Crippen LogP contribution in [0.1, 0.15) is 31.4 Å². The molecule has 6 heteroatoms. The molecule has 24 heavy (non-hydrogen) atoms. The van der Waals surface area contributed by atoms with Gasteiger partial charge in [0.25, 0.3) is 0 Å². The molecule has 0 saturated carbocycles. The molecule has 1 aromatic rings. The fraction of sp³-hybridized carbons (Fsp3) is 0.611. The number of nitrogens with one attached hydrogen (secondary N) is 1. The largest absolute Gasteiger partial charge is 0.342 e. The number of amides is 1. The third-order valence-electron chi connectivity index (χ3n) is 5.06. The molecule has 0 radical (unpaired) electrons. The lowest BCUT2D eigenvalue weighted by atomic mass is 9.99. The van der Waals surface area contributed by atoms with Gasteiger partial charge >= 0.3 is 0 Å². The van der Waals surface area contributed by atoms with Gasteiger partial charge in [0.15, 0.2) is 0 Å². The molecular weight excluding hydrogens is 329 g/mol. The molecule has 1 amide bonds. The molecular formula is C18H27ClFN3O. The van der Waals surface area contributed by atoms with Crippen LogP contribution in [-0.4, -0.2) is 55.0 Å². The molecule has 4 nitrogen and oxygen atoms in total.